The van der Waals surface area contributed by atoms with Crippen LogP contribution in [0.3, 0.4) is 0 Å². The van der Waals surface area contributed by atoms with Gasteiger partial charge in [0.05, 0.1) is 0 Å². The monoisotopic (exact) mass is 443 g/mol. The van der Waals surface area contributed by atoms with Crippen LogP contribution in [0.25, 0.3) is 16.0 Å². The zero-order valence-corrected chi connectivity index (χ0v) is 17.5. The van der Waals surface area contributed by atoms with Crippen molar-refractivity contribution in [2.75, 3.05) is 18.0 Å². The summed E-state index contributed by atoms with van der Waals surface area (Å²) in [6.45, 7) is 2.04. The highest BCUT2D eigenvalue weighted by atomic mass is 35.5. The molecule has 5 rings (SSSR count). The van der Waals surface area contributed by atoms with Crippen LogP contribution in [0.15, 0.2) is 35.4 Å². The highest BCUT2D eigenvalue weighted by Gasteiger charge is 2.20. The van der Waals surface area contributed by atoms with E-state index in [0.717, 1.165) is 46.0 Å². The highest BCUT2D eigenvalue weighted by Crippen LogP contribution is 2.31. The van der Waals surface area contributed by atoms with E-state index in [0.29, 0.717) is 16.3 Å². The van der Waals surface area contributed by atoms with Crippen LogP contribution in [0, 0.1) is 0 Å². The molecular formula is C19H18ClN7O2S. The van der Waals surface area contributed by atoms with Gasteiger partial charge < -0.3 is 10.2 Å². The van der Waals surface area contributed by atoms with Gasteiger partial charge in [-0.05, 0) is 24.5 Å². The first-order chi connectivity index (χ1) is 14.6. The Morgan fingerprint density at radius 3 is 2.83 bits per heavy atom. The summed E-state index contributed by atoms with van der Waals surface area (Å²) in [4.78, 5) is 36.2. The Morgan fingerprint density at radius 1 is 1.23 bits per heavy atom. The number of anilines is 1. The van der Waals surface area contributed by atoms with Crippen LogP contribution in [0.1, 0.15) is 18.4 Å². The molecule has 1 amide bonds. The van der Waals surface area contributed by atoms with Gasteiger partial charge in [0.15, 0.2) is 16.4 Å². The quantitative estimate of drug-likeness (QED) is 0.507. The van der Waals surface area contributed by atoms with E-state index in [4.69, 9.17) is 11.6 Å². The molecule has 1 saturated heterocycles. The van der Waals surface area contributed by atoms with Crippen molar-refractivity contribution in [3.8, 4) is 0 Å². The maximum absolute atomic E-state index is 12.7. The first-order valence-corrected chi connectivity index (χ1v) is 10.8. The van der Waals surface area contributed by atoms with E-state index >= 15 is 0 Å². The van der Waals surface area contributed by atoms with E-state index in [1.165, 1.54) is 22.1 Å². The van der Waals surface area contributed by atoms with Gasteiger partial charge in [0.1, 0.15) is 17.6 Å². The molecule has 0 radical (unpaired) electrons. The van der Waals surface area contributed by atoms with Crippen LogP contribution in [0.2, 0.25) is 5.02 Å². The van der Waals surface area contributed by atoms with Crippen LogP contribution < -0.4 is 15.9 Å². The molecule has 0 spiro atoms. The average Bonchev–Trinajstić information content (AvgIpc) is 3.47. The fourth-order valence-corrected chi connectivity index (χ4v) is 4.75. The molecule has 3 aromatic heterocycles. The normalized spacial score (nSPS) is 14.1. The number of fused-ring (bicyclic) bond motifs is 3. The molecule has 11 heteroatoms. The minimum absolute atomic E-state index is 0.190. The summed E-state index contributed by atoms with van der Waals surface area (Å²) in [5.74, 6) is -0.327. The van der Waals surface area contributed by atoms with Gasteiger partial charge in [-0.15, -0.1) is 5.10 Å². The summed E-state index contributed by atoms with van der Waals surface area (Å²) in [6, 6.07) is 7.28. The van der Waals surface area contributed by atoms with Gasteiger partial charge in [-0.3, -0.25) is 4.79 Å². The Kier molecular flexibility index (Phi) is 4.87. The number of nitrogens with one attached hydrogen (secondary N) is 1. The minimum atomic E-state index is -0.414. The van der Waals surface area contributed by atoms with Crippen LogP contribution >= 0.6 is 22.9 Å². The van der Waals surface area contributed by atoms with E-state index in [2.05, 4.69) is 25.3 Å². The number of aromatic nitrogens is 5. The molecule has 1 aliphatic rings. The van der Waals surface area contributed by atoms with Crippen molar-refractivity contribution in [1.29, 1.82) is 0 Å². The third kappa shape index (κ3) is 3.41. The second-order valence-electron chi connectivity index (χ2n) is 7.09. The highest BCUT2D eigenvalue weighted by molar-refractivity contribution is 7.22. The van der Waals surface area contributed by atoms with Crippen LogP contribution in [-0.2, 0) is 17.9 Å². The minimum Gasteiger partial charge on any atom is -0.350 e. The molecule has 30 heavy (non-hydrogen) atoms. The Balaban J connectivity index is 1.40. The van der Waals surface area contributed by atoms with E-state index < -0.39 is 5.69 Å². The van der Waals surface area contributed by atoms with Gasteiger partial charge in [0, 0.05) is 24.7 Å². The molecular weight excluding hydrogens is 426 g/mol. The molecule has 0 atom stereocenters. The Hall–Kier alpha value is -2.98. The molecule has 0 saturated carbocycles. The molecule has 1 aromatic carbocycles. The molecule has 1 fully saturated rings. The maximum atomic E-state index is 12.7. The van der Waals surface area contributed by atoms with Gasteiger partial charge in [-0.2, -0.15) is 4.98 Å². The Bertz CT molecular complexity index is 1310. The topological polar surface area (TPSA) is 97.4 Å². The van der Waals surface area contributed by atoms with Gasteiger partial charge in [-0.1, -0.05) is 41.1 Å². The number of amides is 1. The standard InChI is InChI=1S/C19H18ClN7O2S/c20-13-6-2-1-5-12(13)9-21-14(28)10-27-19(29)26-11-22-16-15(17(26)24-27)30-18(23-16)25-7-3-4-8-25/h1-2,5-6,11H,3-4,7-10H2,(H,21,28). The zero-order valence-electron chi connectivity index (χ0n) is 15.9. The molecule has 9 nitrogen and oxygen atoms in total. The molecule has 0 unspecified atom stereocenters. The number of hydrogen-bond donors (Lipinski definition) is 1. The van der Waals surface area contributed by atoms with Crippen molar-refractivity contribution in [3.05, 3.63) is 51.7 Å². The number of halogens is 1. The molecule has 0 bridgehead atoms. The Labute approximate surface area is 179 Å². The first kappa shape index (κ1) is 19.0. The number of benzene rings is 1. The summed E-state index contributed by atoms with van der Waals surface area (Å²) < 4.78 is 3.25. The van der Waals surface area contributed by atoms with Crippen LogP contribution in [0.5, 0.6) is 0 Å². The molecule has 0 aliphatic carbocycles. The molecule has 154 valence electrons. The SMILES string of the molecule is O=C(Cn1nc2c3sc(N4CCCC4)nc3ncn2c1=O)NCc1ccccc1Cl. The molecule has 1 N–H and O–H groups in total. The van der Waals surface area contributed by atoms with Gasteiger partial charge >= 0.3 is 5.69 Å². The summed E-state index contributed by atoms with van der Waals surface area (Å²) >= 11 is 7.59. The Morgan fingerprint density at radius 2 is 2.03 bits per heavy atom. The lowest BCUT2D eigenvalue weighted by Crippen LogP contribution is -2.32. The van der Waals surface area contributed by atoms with E-state index in [1.54, 1.807) is 6.07 Å². The predicted octanol–water partition coefficient (Wildman–Crippen LogP) is 2.07. The third-order valence-electron chi connectivity index (χ3n) is 5.07. The lowest BCUT2D eigenvalue weighted by molar-refractivity contribution is -0.122. The first-order valence-electron chi connectivity index (χ1n) is 9.60. The van der Waals surface area contributed by atoms with Crippen LogP contribution in [-0.4, -0.2) is 43.1 Å². The predicted molar refractivity (Wildman–Crippen MR) is 115 cm³/mol. The zero-order chi connectivity index (χ0) is 20.7. The molecule has 1 aliphatic heterocycles. The number of hydrogen-bond acceptors (Lipinski definition) is 7. The van der Waals surface area contributed by atoms with Crippen molar-refractivity contribution < 1.29 is 4.79 Å². The molecule has 4 heterocycles. The third-order valence-corrected chi connectivity index (χ3v) is 6.54. The van der Waals surface area contributed by atoms with Crippen molar-refractivity contribution in [2.45, 2.75) is 25.9 Å². The van der Waals surface area contributed by atoms with Crippen LogP contribution in [0.4, 0.5) is 5.13 Å². The lowest BCUT2D eigenvalue weighted by atomic mass is 10.2. The van der Waals surface area contributed by atoms with E-state index in [9.17, 15) is 9.59 Å². The summed E-state index contributed by atoms with van der Waals surface area (Å²) in [5.41, 5.74) is 1.42. The van der Waals surface area contributed by atoms with Gasteiger partial charge in [0.2, 0.25) is 5.91 Å². The number of carbonyl (C=O) groups excluding carboxylic acids is 1. The lowest BCUT2D eigenvalue weighted by Gasteiger charge is -2.11. The maximum Gasteiger partial charge on any atom is 0.352 e. The number of thiazole rings is 1. The van der Waals surface area contributed by atoms with Gasteiger partial charge in [-0.25, -0.2) is 18.9 Å². The summed E-state index contributed by atoms with van der Waals surface area (Å²) in [6.07, 6.45) is 3.71. The van der Waals surface area contributed by atoms with Crippen molar-refractivity contribution in [2.24, 2.45) is 0 Å². The average molecular weight is 444 g/mol. The second-order valence-corrected chi connectivity index (χ2v) is 8.47. The molecule has 4 aromatic rings. The van der Waals surface area contributed by atoms with Crippen molar-refractivity contribution in [3.63, 3.8) is 0 Å². The fourth-order valence-electron chi connectivity index (χ4n) is 3.50. The van der Waals surface area contributed by atoms with E-state index in [-0.39, 0.29) is 19.0 Å². The van der Waals surface area contributed by atoms with Crippen molar-refractivity contribution in [1.82, 2.24) is 29.5 Å². The fraction of sp³-hybridized carbons (Fsp3) is 0.316. The largest absolute Gasteiger partial charge is 0.352 e. The summed E-state index contributed by atoms with van der Waals surface area (Å²) in [7, 11) is 0. The summed E-state index contributed by atoms with van der Waals surface area (Å²) in [5, 5.41) is 8.63. The van der Waals surface area contributed by atoms with Crippen molar-refractivity contribution >= 4 is 50.0 Å². The number of carbonyl (C=O) groups is 1. The number of rotatable bonds is 5. The number of nitrogens with zero attached hydrogens (tertiary/aromatic N) is 6. The van der Waals surface area contributed by atoms with Gasteiger partial charge in [0.25, 0.3) is 0 Å². The second kappa shape index (κ2) is 7.69. The smallest absolute Gasteiger partial charge is 0.350 e. The van der Waals surface area contributed by atoms with E-state index in [1.807, 2.05) is 18.2 Å².